The van der Waals surface area contributed by atoms with Crippen LogP contribution in [0.4, 0.5) is 0 Å². The minimum absolute atomic E-state index is 0.0961. The van der Waals surface area contributed by atoms with E-state index in [0.717, 1.165) is 26.6 Å². The van der Waals surface area contributed by atoms with Gasteiger partial charge in [0.05, 0.1) is 36.3 Å². The van der Waals surface area contributed by atoms with Crippen molar-refractivity contribution < 1.29 is 9.53 Å². The van der Waals surface area contributed by atoms with Crippen LogP contribution in [0.15, 0.2) is 18.2 Å². The molecule has 2 N–H and O–H groups in total. The van der Waals surface area contributed by atoms with Crippen LogP contribution in [-0.2, 0) is 29.1 Å². The number of hydrogen-bond donors (Lipinski definition) is 2. The Balaban J connectivity index is 1.60. The van der Waals surface area contributed by atoms with Gasteiger partial charge in [-0.25, -0.2) is 9.97 Å². The predicted molar refractivity (Wildman–Crippen MR) is 94.2 cm³/mol. The number of methoxy groups -OCH3 is 1. The molecule has 0 atom stereocenters. The average molecular weight is 365 g/mol. The Labute approximate surface area is 148 Å². The van der Waals surface area contributed by atoms with Crippen LogP contribution < -0.4 is 5.32 Å². The maximum absolute atomic E-state index is 12.1. The summed E-state index contributed by atoms with van der Waals surface area (Å²) in [5, 5.41) is 4.45. The van der Waals surface area contributed by atoms with E-state index in [-0.39, 0.29) is 12.3 Å². The van der Waals surface area contributed by atoms with Crippen LogP contribution in [-0.4, -0.2) is 28.0 Å². The van der Waals surface area contributed by atoms with Gasteiger partial charge in [0.25, 0.3) is 0 Å². The highest BCUT2D eigenvalue weighted by atomic mass is 35.5. The maximum atomic E-state index is 12.1. The number of thiazole rings is 1. The van der Waals surface area contributed by atoms with E-state index in [1.807, 2.05) is 13.0 Å². The van der Waals surface area contributed by atoms with Crippen molar-refractivity contribution in [3.05, 3.63) is 44.6 Å². The summed E-state index contributed by atoms with van der Waals surface area (Å²) in [7, 11) is 1.64. The molecule has 6 nitrogen and oxygen atoms in total. The third kappa shape index (κ3) is 3.92. The Morgan fingerprint density at radius 1 is 1.42 bits per heavy atom. The number of fused-ring (bicyclic) bond motifs is 1. The number of aryl methyl sites for hydroxylation is 1. The van der Waals surface area contributed by atoms with Gasteiger partial charge in [0.2, 0.25) is 5.91 Å². The predicted octanol–water partition coefficient (Wildman–Crippen LogP) is 2.99. The molecular formula is C16H17ClN4O2S. The summed E-state index contributed by atoms with van der Waals surface area (Å²) in [4.78, 5) is 25.1. The first-order valence-corrected chi connectivity index (χ1v) is 8.59. The van der Waals surface area contributed by atoms with Gasteiger partial charge >= 0.3 is 0 Å². The molecule has 1 amide bonds. The Morgan fingerprint density at radius 3 is 3.04 bits per heavy atom. The summed E-state index contributed by atoms with van der Waals surface area (Å²) in [6.07, 6.45) is 0.190. The van der Waals surface area contributed by atoms with E-state index in [4.69, 9.17) is 16.3 Å². The molecule has 3 rings (SSSR count). The molecule has 1 aromatic carbocycles. The molecular weight excluding hydrogens is 348 g/mol. The topological polar surface area (TPSA) is 79.9 Å². The fraction of sp³-hybridized carbons (Fsp3) is 0.312. The summed E-state index contributed by atoms with van der Waals surface area (Å²) >= 11 is 7.50. The number of halogens is 1. The minimum atomic E-state index is -0.0961. The molecule has 3 aromatic rings. The van der Waals surface area contributed by atoms with E-state index >= 15 is 0 Å². The molecule has 0 aliphatic rings. The summed E-state index contributed by atoms with van der Waals surface area (Å²) in [5.74, 6) is 0.520. The standard InChI is InChI=1S/C16H17ClN4O2S/c1-9-13(24-16(19-9)8-23-2)7-18-15(22)6-14-20-11-4-3-10(17)5-12(11)21-14/h3-5H,6-8H2,1-2H3,(H,18,22)(H,20,21). The van der Waals surface area contributed by atoms with E-state index in [1.165, 1.54) is 0 Å². The number of aromatic amines is 1. The van der Waals surface area contributed by atoms with Gasteiger partial charge in [0, 0.05) is 17.0 Å². The Morgan fingerprint density at radius 2 is 2.25 bits per heavy atom. The Kier molecular flexibility index (Phi) is 5.13. The molecule has 2 aromatic heterocycles. The summed E-state index contributed by atoms with van der Waals surface area (Å²) < 4.78 is 5.08. The Bertz CT molecular complexity index is 874. The van der Waals surface area contributed by atoms with E-state index in [9.17, 15) is 4.79 Å². The third-order valence-corrected chi connectivity index (χ3v) is 4.84. The van der Waals surface area contributed by atoms with Crippen molar-refractivity contribution in [2.45, 2.75) is 26.5 Å². The van der Waals surface area contributed by atoms with Crippen LogP contribution >= 0.6 is 22.9 Å². The lowest BCUT2D eigenvalue weighted by atomic mass is 10.3. The normalized spacial score (nSPS) is 11.1. The second-order valence-corrected chi connectivity index (χ2v) is 6.95. The fourth-order valence-electron chi connectivity index (χ4n) is 2.35. The molecule has 24 heavy (non-hydrogen) atoms. The number of nitrogens with zero attached hydrogens (tertiary/aromatic N) is 2. The number of benzene rings is 1. The quantitative estimate of drug-likeness (QED) is 0.704. The van der Waals surface area contributed by atoms with Gasteiger partial charge in [-0.05, 0) is 25.1 Å². The van der Waals surface area contributed by atoms with Crippen molar-refractivity contribution in [1.29, 1.82) is 0 Å². The van der Waals surface area contributed by atoms with Crippen molar-refractivity contribution in [2.75, 3.05) is 7.11 Å². The number of rotatable bonds is 6. The van der Waals surface area contributed by atoms with Gasteiger partial charge < -0.3 is 15.0 Å². The first-order valence-electron chi connectivity index (χ1n) is 7.40. The molecule has 0 fully saturated rings. The number of amides is 1. The molecule has 0 saturated carbocycles. The first-order chi connectivity index (χ1) is 11.5. The number of ether oxygens (including phenoxy) is 1. The number of H-pyrrole nitrogens is 1. The van der Waals surface area contributed by atoms with E-state index in [1.54, 1.807) is 30.6 Å². The molecule has 0 aliphatic carbocycles. The lowest BCUT2D eigenvalue weighted by molar-refractivity contribution is -0.120. The van der Waals surface area contributed by atoms with Crippen molar-refractivity contribution in [3.8, 4) is 0 Å². The van der Waals surface area contributed by atoms with E-state index in [2.05, 4.69) is 20.3 Å². The zero-order valence-electron chi connectivity index (χ0n) is 13.4. The largest absolute Gasteiger partial charge is 0.378 e. The van der Waals surface area contributed by atoms with Crippen LogP contribution in [0.5, 0.6) is 0 Å². The van der Waals surface area contributed by atoms with Crippen LogP contribution in [0.2, 0.25) is 5.02 Å². The van der Waals surface area contributed by atoms with Gasteiger partial charge in [0.15, 0.2) is 0 Å². The lowest BCUT2D eigenvalue weighted by Crippen LogP contribution is -2.24. The molecule has 0 aliphatic heterocycles. The van der Waals surface area contributed by atoms with Gasteiger partial charge in [-0.15, -0.1) is 11.3 Å². The van der Waals surface area contributed by atoms with Crippen LogP contribution in [0.1, 0.15) is 21.4 Å². The molecule has 126 valence electrons. The van der Waals surface area contributed by atoms with Crippen molar-refractivity contribution >= 4 is 39.9 Å². The molecule has 2 heterocycles. The molecule has 0 bridgehead atoms. The first kappa shape index (κ1) is 16.9. The molecule has 0 spiro atoms. The van der Waals surface area contributed by atoms with Crippen LogP contribution in [0.25, 0.3) is 11.0 Å². The second kappa shape index (κ2) is 7.29. The average Bonchev–Trinajstić information content (AvgIpc) is 3.08. The number of nitrogens with one attached hydrogen (secondary N) is 2. The zero-order valence-corrected chi connectivity index (χ0v) is 14.9. The molecule has 8 heteroatoms. The fourth-order valence-corrected chi connectivity index (χ4v) is 3.50. The Hall–Kier alpha value is -1.96. The van der Waals surface area contributed by atoms with Crippen LogP contribution in [0.3, 0.4) is 0 Å². The summed E-state index contributed by atoms with van der Waals surface area (Å²) in [5.41, 5.74) is 2.54. The van der Waals surface area contributed by atoms with Crippen molar-refractivity contribution in [3.63, 3.8) is 0 Å². The van der Waals surface area contributed by atoms with Gasteiger partial charge in [-0.1, -0.05) is 11.6 Å². The van der Waals surface area contributed by atoms with E-state index in [0.29, 0.717) is 24.0 Å². The zero-order chi connectivity index (χ0) is 17.1. The molecule has 0 saturated heterocycles. The monoisotopic (exact) mass is 364 g/mol. The third-order valence-electron chi connectivity index (χ3n) is 3.47. The van der Waals surface area contributed by atoms with Crippen molar-refractivity contribution in [1.82, 2.24) is 20.3 Å². The minimum Gasteiger partial charge on any atom is -0.378 e. The summed E-state index contributed by atoms with van der Waals surface area (Å²) in [6.45, 7) is 2.87. The molecule has 0 unspecified atom stereocenters. The number of imidazole rings is 1. The lowest BCUT2D eigenvalue weighted by Gasteiger charge is -2.02. The smallest absolute Gasteiger partial charge is 0.227 e. The highest BCUT2D eigenvalue weighted by Crippen LogP contribution is 2.19. The number of carbonyl (C=O) groups is 1. The van der Waals surface area contributed by atoms with Crippen molar-refractivity contribution in [2.24, 2.45) is 0 Å². The summed E-state index contributed by atoms with van der Waals surface area (Å²) in [6, 6.07) is 5.40. The van der Waals surface area contributed by atoms with Crippen LogP contribution in [0, 0.1) is 6.92 Å². The highest BCUT2D eigenvalue weighted by Gasteiger charge is 2.11. The van der Waals surface area contributed by atoms with Gasteiger partial charge in [-0.3, -0.25) is 4.79 Å². The molecule has 0 radical (unpaired) electrons. The maximum Gasteiger partial charge on any atom is 0.227 e. The van der Waals surface area contributed by atoms with E-state index < -0.39 is 0 Å². The number of hydrogen-bond acceptors (Lipinski definition) is 5. The number of carbonyl (C=O) groups excluding carboxylic acids is 1. The van der Waals surface area contributed by atoms with Gasteiger partial charge in [0.1, 0.15) is 10.8 Å². The number of aromatic nitrogens is 3. The van der Waals surface area contributed by atoms with Gasteiger partial charge in [-0.2, -0.15) is 0 Å². The second-order valence-electron chi connectivity index (χ2n) is 5.35. The SMILES string of the molecule is COCc1nc(C)c(CNC(=O)Cc2nc3ccc(Cl)cc3[nH]2)s1. The highest BCUT2D eigenvalue weighted by molar-refractivity contribution is 7.11.